The van der Waals surface area contributed by atoms with E-state index < -0.39 is 23.9 Å². The van der Waals surface area contributed by atoms with Gasteiger partial charge in [0, 0.05) is 0 Å². The molecular formula is C25H30O6. The molecule has 2 aliphatic rings. The molecule has 0 aromatic heterocycles. The molecule has 166 valence electrons. The molecular weight excluding hydrogens is 396 g/mol. The van der Waals surface area contributed by atoms with Crippen molar-refractivity contribution >= 4 is 5.97 Å². The van der Waals surface area contributed by atoms with Crippen LogP contribution in [0.3, 0.4) is 0 Å². The first-order chi connectivity index (χ1) is 14.9. The minimum absolute atomic E-state index is 0.279. The van der Waals surface area contributed by atoms with Gasteiger partial charge in [-0.2, -0.15) is 0 Å². The average molecular weight is 427 g/mol. The van der Waals surface area contributed by atoms with E-state index in [4.69, 9.17) is 23.7 Å². The maximum atomic E-state index is 12.5. The van der Waals surface area contributed by atoms with Gasteiger partial charge in [0.15, 0.2) is 12.4 Å². The summed E-state index contributed by atoms with van der Waals surface area (Å²) in [6.07, 6.45) is -2.31. The first kappa shape index (κ1) is 22.0. The predicted octanol–water partition coefficient (Wildman–Crippen LogP) is 3.87. The normalized spacial score (nSPS) is 27.4. The van der Waals surface area contributed by atoms with Gasteiger partial charge in [0.25, 0.3) is 0 Å². The van der Waals surface area contributed by atoms with E-state index in [-0.39, 0.29) is 18.2 Å². The van der Waals surface area contributed by atoms with Crippen LogP contribution in [0.1, 0.15) is 31.9 Å². The molecule has 2 aromatic rings. The summed E-state index contributed by atoms with van der Waals surface area (Å²) in [5, 5.41) is 0. The Labute approximate surface area is 183 Å². The Bertz CT molecular complexity index is 845. The number of fused-ring (bicyclic) bond motifs is 2. The van der Waals surface area contributed by atoms with Gasteiger partial charge in [-0.3, -0.25) is 4.79 Å². The number of benzene rings is 2. The molecule has 6 nitrogen and oxygen atoms in total. The van der Waals surface area contributed by atoms with Gasteiger partial charge in [-0.15, -0.1) is 0 Å². The molecule has 0 aliphatic carbocycles. The Kier molecular flexibility index (Phi) is 6.72. The highest BCUT2D eigenvalue weighted by Gasteiger charge is 2.58. The summed E-state index contributed by atoms with van der Waals surface area (Å²) >= 11 is 0. The SMILES string of the molecule is CC(C)(C)C(=O)O[C@H]1[C@H]2O[C@@H]([C@@H]1OCc1ccccc1)[C@@H](COCc1ccccc1)O2. The fourth-order valence-corrected chi connectivity index (χ4v) is 3.69. The lowest BCUT2D eigenvalue weighted by atomic mass is 9.96. The molecule has 2 bridgehead atoms. The van der Waals surface area contributed by atoms with Crippen LogP contribution >= 0.6 is 0 Å². The topological polar surface area (TPSA) is 63.2 Å². The van der Waals surface area contributed by atoms with Gasteiger partial charge in [-0.05, 0) is 31.9 Å². The highest BCUT2D eigenvalue weighted by molar-refractivity contribution is 5.75. The van der Waals surface area contributed by atoms with E-state index in [2.05, 4.69) is 0 Å². The maximum absolute atomic E-state index is 12.5. The first-order valence-corrected chi connectivity index (χ1v) is 10.7. The summed E-state index contributed by atoms with van der Waals surface area (Å²) < 4.78 is 29.9. The second-order valence-corrected chi connectivity index (χ2v) is 9.03. The average Bonchev–Trinajstić information content (AvgIpc) is 3.31. The van der Waals surface area contributed by atoms with Crippen molar-refractivity contribution in [2.24, 2.45) is 5.41 Å². The van der Waals surface area contributed by atoms with Crippen LogP contribution in [0, 0.1) is 5.41 Å². The lowest BCUT2D eigenvalue weighted by Gasteiger charge is -2.33. The zero-order chi connectivity index (χ0) is 21.8. The Morgan fingerprint density at radius 3 is 2.10 bits per heavy atom. The molecule has 2 fully saturated rings. The van der Waals surface area contributed by atoms with Crippen LogP contribution in [0.5, 0.6) is 0 Å². The van der Waals surface area contributed by atoms with Gasteiger partial charge >= 0.3 is 5.97 Å². The molecule has 0 N–H and O–H groups in total. The molecule has 2 heterocycles. The lowest BCUT2D eigenvalue weighted by molar-refractivity contribution is -0.197. The highest BCUT2D eigenvalue weighted by atomic mass is 16.8. The number of rotatable bonds is 8. The fraction of sp³-hybridized carbons (Fsp3) is 0.480. The van der Waals surface area contributed by atoms with Crippen LogP contribution in [-0.4, -0.2) is 43.3 Å². The number of esters is 1. The number of hydrogen-bond donors (Lipinski definition) is 0. The van der Waals surface area contributed by atoms with Crippen LogP contribution in [0.4, 0.5) is 0 Å². The molecule has 4 rings (SSSR count). The third-order valence-electron chi connectivity index (χ3n) is 5.42. The van der Waals surface area contributed by atoms with Crippen LogP contribution in [0.2, 0.25) is 0 Å². The van der Waals surface area contributed by atoms with Gasteiger partial charge in [0.2, 0.25) is 0 Å². The quantitative estimate of drug-likeness (QED) is 0.597. The zero-order valence-corrected chi connectivity index (χ0v) is 18.2. The van der Waals surface area contributed by atoms with Crippen LogP contribution < -0.4 is 0 Å². The smallest absolute Gasteiger partial charge is 0.311 e. The van der Waals surface area contributed by atoms with Gasteiger partial charge in [0.1, 0.15) is 18.3 Å². The van der Waals surface area contributed by atoms with E-state index in [1.165, 1.54) is 0 Å². The van der Waals surface area contributed by atoms with Crippen molar-refractivity contribution in [2.75, 3.05) is 6.61 Å². The molecule has 0 radical (unpaired) electrons. The molecule has 5 atom stereocenters. The summed E-state index contributed by atoms with van der Waals surface area (Å²) in [6, 6.07) is 19.9. The summed E-state index contributed by atoms with van der Waals surface area (Å²) in [5.41, 5.74) is 1.52. The Morgan fingerprint density at radius 1 is 0.871 bits per heavy atom. The van der Waals surface area contributed by atoms with Crippen molar-refractivity contribution in [1.29, 1.82) is 0 Å². The Morgan fingerprint density at radius 2 is 1.48 bits per heavy atom. The molecule has 0 saturated carbocycles. The van der Waals surface area contributed by atoms with E-state index in [1.807, 2.05) is 81.4 Å². The summed E-state index contributed by atoms with van der Waals surface area (Å²) in [7, 11) is 0. The third-order valence-corrected chi connectivity index (χ3v) is 5.42. The fourth-order valence-electron chi connectivity index (χ4n) is 3.69. The van der Waals surface area contributed by atoms with Crippen LogP contribution in [0.15, 0.2) is 60.7 Å². The first-order valence-electron chi connectivity index (χ1n) is 10.7. The number of hydrogen-bond acceptors (Lipinski definition) is 6. The van der Waals surface area contributed by atoms with Crippen molar-refractivity contribution in [1.82, 2.24) is 0 Å². The molecule has 0 amide bonds. The van der Waals surface area contributed by atoms with Crippen molar-refractivity contribution in [3.05, 3.63) is 71.8 Å². The molecule has 0 spiro atoms. The van der Waals surface area contributed by atoms with E-state index in [1.54, 1.807) is 0 Å². The standard InChI is InChI=1S/C25H30O6/c1-25(2,3)24(26)31-22-21(28-15-18-12-8-5-9-13-18)20-19(29-23(22)30-20)16-27-14-17-10-6-4-7-11-17/h4-13,19-23H,14-16H2,1-3H3/t19-,20-,21+,22-,23-/m1/s1. The summed E-state index contributed by atoms with van der Waals surface area (Å²) in [4.78, 5) is 12.5. The lowest BCUT2D eigenvalue weighted by Crippen LogP contribution is -2.51. The summed E-state index contributed by atoms with van der Waals surface area (Å²) in [6.45, 7) is 6.75. The van der Waals surface area contributed by atoms with Crippen molar-refractivity contribution in [3.8, 4) is 0 Å². The van der Waals surface area contributed by atoms with E-state index in [0.29, 0.717) is 19.8 Å². The maximum Gasteiger partial charge on any atom is 0.311 e. The number of carbonyl (C=O) groups excluding carboxylic acids is 1. The predicted molar refractivity (Wildman–Crippen MR) is 114 cm³/mol. The molecule has 6 heteroatoms. The second kappa shape index (κ2) is 9.49. The molecule has 2 aromatic carbocycles. The van der Waals surface area contributed by atoms with Gasteiger partial charge in [0.05, 0.1) is 25.2 Å². The molecule has 31 heavy (non-hydrogen) atoms. The number of carbonyl (C=O) groups is 1. The number of ether oxygens (including phenoxy) is 5. The second-order valence-electron chi connectivity index (χ2n) is 9.03. The van der Waals surface area contributed by atoms with E-state index in [0.717, 1.165) is 11.1 Å². The Balaban J connectivity index is 1.40. The van der Waals surface area contributed by atoms with Crippen molar-refractivity contribution < 1.29 is 28.5 Å². The van der Waals surface area contributed by atoms with Crippen molar-refractivity contribution in [2.45, 2.75) is 64.7 Å². The van der Waals surface area contributed by atoms with Crippen LogP contribution in [0.25, 0.3) is 0 Å². The highest BCUT2D eigenvalue weighted by Crippen LogP contribution is 2.39. The van der Waals surface area contributed by atoms with Gasteiger partial charge in [-0.25, -0.2) is 0 Å². The Hall–Kier alpha value is -2.25. The van der Waals surface area contributed by atoms with Crippen molar-refractivity contribution in [3.63, 3.8) is 0 Å². The minimum Gasteiger partial charge on any atom is -0.454 e. The third kappa shape index (κ3) is 5.33. The molecule has 2 aliphatic heterocycles. The monoisotopic (exact) mass is 426 g/mol. The minimum atomic E-state index is -0.651. The summed E-state index contributed by atoms with van der Waals surface area (Å²) in [5.74, 6) is -0.303. The van der Waals surface area contributed by atoms with Gasteiger partial charge < -0.3 is 23.7 Å². The molecule has 2 saturated heterocycles. The largest absolute Gasteiger partial charge is 0.454 e. The molecule has 0 unspecified atom stereocenters. The zero-order valence-electron chi connectivity index (χ0n) is 18.2. The van der Waals surface area contributed by atoms with Gasteiger partial charge in [-0.1, -0.05) is 60.7 Å². The van der Waals surface area contributed by atoms with E-state index in [9.17, 15) is 4.79 Å². The van der Waals surface area contributed by atoms with Crippen LogP contribution in [-0.2, 0) is 41.7 Å². The van der Waals surface area contributed by atoms with E-state index >= 15 is 0 Å².